The zero-order chi connectivity index (χ0) is 37.7. The van der Waals surface area contributed by atoms with Crippen LogP contribution in [-0.4, -0.2) is 15.0 Å². The molecule has 9 aromatic carbocycles. The van der Waals surface area contributed by atoms with Crippen molar-refractivity contribution in [2.75, 3.05) is 0 Å². The third-order valence-corrected chi connectivity index (χ3v) is 10.9. The van der Waals surface area contributed by atoms with E-state index in [2.05, 4.69) is 182 Å². The van der Waals surface area contributed by atoms with Gasteiger partial charge < -0.3 is 4.42 Å². The molecule has 0 N–H and O–H groups in total. The number of benzene rings is 9. The van der Waals surface area contributed by atoms with E-state index in [1.807, 2.05) is 18.2 Å². The first-order valence-corrected chi connectivity index (χ1v) is 19.2. The molecule has 0 spiro atoms. The zero-order valence-electron chi connectivity index (χ0n) is 30.8. The lowest BCUT2D eigenvalue weighted by Gasteiger charge is -2.12. The second-order valence-corrected chi connectivity index (χ2v) is 14.4. The van der Waals surface area contributed by atoms with E-state index in [1.165, 1.54) is 10.8 Å². The summed E-state index contributed by atoms with van der Waals surface area (Å²) in [5, 5.41) is 6.87. The van der Waals surface area contributed by atoms with E-state index >= 15 is 0 Å². The van der Waals surface area contributed by atoms with E-state index in [1.54, 1.807) is 0 Å². The molecule has 0 aliphatic heterocycles. The van der Waals surface area contributed by atoms with Gasteiger partial charge in [0.15, 0.2) is 17.5 Å². The highest BCUT2D eigenvalue weighted by Gasteiger charge is 2.19. The largest absolute Gasteiger partial charge is 0.456 e. The van der Waals surface area contributed by atoms with E-state index < -0.39 is 0 Å². The van der Waals surface area contributed by atoms with Crippen LogP contribution in [0.1, 0.15) is 0 Å². The molecule has 2 heterocycles. The first-order chi connectivity index (χ1) is 28.2. The maximum absolute atomic E-state index is 6.58. The molecule has 0 saturated heterocycles. The number of aromatic nitrogens is 3. The normalized spacial score (nSPS) is 11.5. The summed E-state index contributed by atoms with van der Waals surface area (Å²) >= 11 is 0. The summed E-state index contributed by atoms with van der Waals surface area (Å²) in [6, 6.07) is 70.0. The molecule has 11 rings (SSSR count). The Bertz CT molecular complexity index is 3290. The van der Waals surface area contributed by atoms with E-state index in [-0.39, 0.29) is 0 Å². The zero-order valence-corrected chi connectivity index (χ0v) is 30.8. The molecule has 0 saturated carbocycles. The van der Waals surface area contributed by atoms with Crippen LogP contribution in [0.3, 0.4) is 0 Å². The molecule has 266 valence electrons. The number of para-hydroxylation sites is 1. The minimum Gasteiger partial charge on any atom is -0.456 e. The van der Waals surface area contributed by atoms with Crippen LogP contribution in [0.25, 0.3) is 111 Å². The van der Waals surface area contributed by atoms with Gasteiger partial charge in [-0.1, -0.05) is 164 Å². The van der Waals surface area contributed by atoms with Gasteiger partial charge >= 0.3 is 0 Å². The lowest BCUT2D eigenvalue weighted by molar-refractivity contribution is 0.669. The molecule has 0 fully saturated rings. The minimum absolute atomic E-state index is 0.574. The Morgan fingerprint density at radius 1 is 0.281 bits per heavy atom. The quantitative estimate of drug-likeness (QED) is 0.171. The number of rotatable bonds is 6. The van der Waals surface area contributed by atoms with Crippen LogP contribution in [0, 0.1) is 0 Å². The SMILES string of the molecule is c1ccc(-c2cccc(-c3cc(-c4nc(-c5ccc(-c6ccc7ccccc7c6)cc5)nc(-c5ccc6ccccc6c5)n4)cc4oc5ccccc5c34)c2)cc1. The molecule has 2 aromatic heterocycles. The van der Waals surface area contributed by atoms with E-state index in [0.29, 0.717) is 17.5 Å². The molecule has 0 radical (unpaired) electrons. The van der Waals surface area contributed by atoms with Crippen molar-refractivity contribution >= 4 is 43.5 Å². The third kappa shape index (κ3) is 6.01. The highest BCUT2D eigenvalue weighted by molar-refractivity contribution is 6.13. The molecule has 0 unspecified atom stereocenters. The van der Waals surface area contributed by atoms with Crippen LogP contribution in [-0.2, 0) is 0 Å². The lowest BCUT2D eigenvalue weighted by atomic mass is 9.94. The Balaban J connectivity index is 1.09. The third-order valence-electron chi connectivity index (χ3n) is 10.9. The Labute approximate surface area is 329 Å². The van der Waals surface area contributed by atoms with Gasteiger partial charge in [-0.05, 0) is 91.3 Å². The predicted molar refractivity (Wildman–Crippen MR) is 235 cm³/mol. The number of hydrogen-bond donors (Lipinski definition) is 0. The summed E-state index contributed by atoms with van der Waals surface area (Å²) in [5.41, 5.74) is 11.0. The smallest absolute Gasteiger partial charge is 0.164 e. The van der Waals surface area contributed by atoms with Gasteiger partial charge in [0.2, 0.25) is 0 Å². The molecular weight excluding hydrogens is 695 g/mol. The Hall–Kier alpha value is -7.69. The monoisotopic (exact) mass is 727 g/mol. The summed E-state index contributed by atoms with van der Waals surface area (Å²) in [7, 11) is 0. The van der Waals surface area contributed by atoms with Gasteiger partial charge in [-0.2, -0.15) is 0 Å². The highest BCUT2D eigenvalue weighted by atomic mass is 16.3. The molecule has 4 nitrogen and oxygen atoms in total. The van der Waals surface area contributed by atoms with Crippen LogP contribution >= 0.6 is 0 Å². The maximum atomic E-state index is 6.58. The van der Waals surface area contributed by atoms with Gasteiger partial charge in [-0.25, -0.2) is 15.0 Å². The van der Waals surface area contributed by atoms with Crippen LogP contribution < -0.4 is 0 Å². The van der Waals surface area contributed by atoms with Crippen molar-refractivity contribution in [1.29, 1.82) is 0 Å². The standard InChI is InChI=1S/C53H33N3O/c1-2-11-34(12-3-1)41-17-10-18-43(30-41)47-32-45(33-49-50(47)46-19-8-9-20-48(46)57-49)53-55-51(54-52(56-53)44-28-24-36-14-5-7-16-40(36)31-44)38-25-21-37(22-26-38)42-27-23-35-13-4-6-15-39(35)29-42/h1-33H. The lowest BCUT2D eigenvalue weighted by Crippen LogP contribution is -2.00. The van der Waals surface area contributed by atoms with E-state index in [9.17, 15) is 0 Å². The number of furan rings is 1. The molecule has 0 bridgehead atoms. The molecule has 57 heavy (non-hydrogen) atoms. The fourth-order valence-electron chi connectivity index (χ4n) is 7.98. The summed E-state index contributed by atoms with van der Waals surface area (Å²) in [4.78, 5) is 15.5. The number of fused-ring (bicyclic) bond motifs is 5. The van der Waals surface area contributed by atoms with Gasteiger partial charge in [0.1, 0.15) is 11.2 Å². The number of hydrogen-bond acceptors (Lipinski definition) is 4. The minimum atomic E-state index is 0.574. The average molecular weight is 728 g/mol. The first kappa shape index (κ1) is 32.7. The van der Waals surface area contributed by atoms with E-state index in [4.69, 9.17) is 19.4 Å². The molecular formula is C53H33N3O. The Morgan fingerprint density at radius 2 is 0.789 bits per heavy atom. The van der Waals surface area contributed by atoms with Crippen molar-refractivity contribution < 1.29 is 4.42 Å². The van der Waals surface area contributed by atoms with Crippen LogP contribution in [0.2, 0.25) is 0 Å². The van der Waals surface area contributed by atoms with Gasteiger partial charge in [0.25, 0.3) is 0 Å². The van der Waals surface area contributed by atoms with Gasteiger partial charge in [-0.3, -0.25) is 0 Å². The van der Waals surface area contributed by atoms with Crippen molar-refractivity contribution in [3.8, 4) is 67.5 Å². The first-order valence-electron chi connectivity index (χ1n) is 19.2. The molecule has 0 atom stereocenters. The summed E-state index contributed by atoms with van der Waals surface area (Å²) < 4.78 is 6.58. The fraction of sp³-hybridized carbons (Fsp3) is 0. The van der Waals surface area contributed by atoms with Gasteiger partial charge in [0, 0.05) is 27.5 Å². The maximum Gasteiger partial charge on any atom is 0.164 e. The van der Waals surface area contributed by atoms with Gasteiger partial charge in [0.05, 0.1) is 0 Å². The van der Waals surface area contributed by atoms with Crippen molar-refractivity contribution in [1.82, 2.24) is 15.0 Å². The fourth-order valence-corrected chi connectivity index (χ4v) is 7.98. The average Bonchev–Trinajstić information content (AvgIpc) is 3.67. The second-order valence-electron chi connectivity index (χ2n) is 14.4. The van der Waals surface area contributed by atoms with E-state index in [0.717, 1.165) is 82.8 Å². The van der Waals surface area contributed by atoms with Crippen LogP contribution in [0.5, 0.6) is 0 Å². The Kier molecular flexibility index (Phi) is 7.78. The molecule has 0 aliphatic carbocycles. The molecule has 4 heteroatoms. The highest BCUT2D eigenvalue weighted by Crippen LogP contribution is 2.41. The molecule has 11 aromatic rings. The van der Waals surface area contributed by atoms with Crippen molar-refractivity contribution in [3.05, 3.63) is 200 Å². The van der Waals surface area contributed by atoms with Crippen molar-refractivity contribution in [2.24, 2.45) is 0 Å². The summed E-state index contributed by atoms with van der Waals surface area (Å²) in [5.74, 6) is 1.78. The Morgan fingerprint density at radius 3 is 1.54 bits per heavy atom. The molecule has 0 aliphatic rings. The van der Waals surface area contributed by atoms with Crippen LogP contribution in [0.4, 0.5) is 0 Å². The predicted octanol–water partition coefficient (Wildman–Crippen LogP) is 14.1. The summed E-state index contributed by atoms with van der Waals surface area (Å²) in [6.07, 6.45) is 0. The molecule has 0 amide bonds. The second kappa shape index (κ2) is 13.6. The van der Waals surface area contributed by atoms with Crippen molar-refractivity contribution in [3.63, 3.8) is 0 Å². The topological polar surface area (TPSA) is 51.8 Å². The number of nitrogens with zero attached hydrogens (tertiary/aromatic N) is 3. The van der Waals surface area contributed by atoms with Gasteiger partial charge in [-0.15, -0.1) is 0 Å². The summed E-state index contributed by atoms with van der Waals surface area (Å²) in [6.45, 7) is 0. The van der Waals surface area contributed by atoms with Crippen LogP contribution in [0.15, 0.2) is 205 Å². The van der Waals surface area contributed by atoms with Crippen molar-refractivity contribution in [2.45, 2.75) is 0 Å².